The molecule has 0 bridgehead atoms. The number of aryl methyl sites for hydroxylation is 1. The monoisotopic (exact) mass is 289 g/mol. The maximum Gasteiger partial charge on any atom is 0.223 e. The van der Waals surface area contributed by atoms with Crippen LogP contribution in [0.1, 0.15) is 51.0 Å². The summed E-state index contributed by atoms with van der Waals surface area (Å²) in [7, 11) is 0. The van der Waals surface area contributed by atoms with Gasteiger partial charge in [0.05, 0.1) is 6.61 Å². The van der Waals surface area contributed by atoms with E-state index in [0.717, 1.165) is 51.0 Å². The SMILES string of the molecule is CCCOc1ccccc1CCCNC(=O)C1CCCC1. The van der Waals surface area contributed by atoms with Crippen molar-refractivity contribution in [2.75, 3.05) is 13.2 Å². The molecule has 1 saturated carbocycles. The molecule has 1 aromatic rings. The first-order chi connectivity index (χ1) is 10.3. The highest BCUT2D eigenvalue weighted by atomic mass is 16.5. The van der Waals surface area contributed by atoms with E-state index in [9.17, 15) is 4.79 Å². The Bertz CT molecular complexity index is 439. The van der Waals surface area contributed by atoms with Crippen molar-refractivity contribution in [3.05, 3.63) is 29.8 Å². The Morgan fingerprint density at radius 2 is 2.05 bits per heavy atom. The van der Waals surface area contributed by atoms with Gasteiger partial charge in [-0.3, -0.25) is 4.79 Å². The molecular formula is C18H27NO2. The molecule has 1 aliphatic carbocycles. The molecule has 0 aromatic heterocycles. The Kier molecular flexibility index (Phi) is 6.58. The van der Waals surface area contributed by atoms with Gasteiger partial charge in [-0.1, -0.05) is 38.0 Å². The van der Waals surface area contributed by atoms with Crippen molar-refractivity contribution in [3.8, 4) is 5.75 Å². The molecule has 3 nitrogen and oxygen atoms in total. The highest BCUT2D eigenvalue weighted by Crippen LogP contribution is 2.24. The van der Waals surface area contributed by atoms with Crippen LogP contribution in [0.5, 0.6) is 5.75 Å². The average Bonchev–Trinajstić information content (AvgIpc) is 3.04. The van der Waals surface area contributed by atoms with Gasteiger partial charge in [0.2, 0.25) is 5.91 Å². The van der Waals surface area contributed by atoms with Gasteiger partial charge in [0, 0.05) is 12.5 Å². The second-order valence-electron chi connectivity index (χ2n) is 5.83. The summed E-state index contributed by atoms with van der Waals surface area (Å²) in [6.07, 6.45) is 7.49. The molecule has 0 atom stereocenters. The standard InChI is InChI=1S/C18H27NO2/c1-2-14-21-17-12-6-5-8-15(17)11-7-13-19-18(20)16-9-3-4-10-16/h5-6,8,12,16H,2-4,7,9-11,13-14H2,1H3,(H,19,20). The highest BCUT2D eigenvalue weighted by molar-refractivity contribution is 5.78. The molecule has 0 radical (unpaired) electrons. The van der Waals surface area contributed by atoms with Crippen LogP contribution in [0.25, 0.3) is 0 Å². The summed E-state index contributed by atoms with van der Waals surface area (Å²) in [5, 5.41) is 3.08. The number of nitrogens with one attached hydrogen (secondary N) is 1. The van der Waals surface area contributed by atoms with E-state index in [1.54, 1.807) is 0 Å². The number of hydrogen-bond acceptors (Lipinski definition) is 2. The van der Waals surface area contributed by atoms with E-state index < -0.39 is 0 Å². The smallest absolute Gasteiger partial charge is 0.223 e. The zero-order chi connectivity index (χ0) is 14.9. The van der Waals surface area contributed by atoms with Crippen LogP contribution in [0.2, 0.25) is 0 Å². The second-order valence-corrected chi connectivity index (χ2v) is 5.83. The predicted octanol–water partition coefficient (Wildman–Crippen LogP) is 3.71. The number of hydrogen-bond donors (Lipinski definition) is 1. The van der Waals surface area contributed by atoms with E-state index in [0.29, 0.717) is 0 Å². The molecule has 0 spiro atoms. The maximum atomic E-state index is 11.9. The normalized spacial score (nSPS) is 15.1. The Hall–Kier alpha value is -1.51. The molecule has 1 amide bonds. The van der Waals surface area contributed by atoms with Crippen molar-refractivity contribution in [2.45, 2.75) is 51.9 Å². The van der Waals surface area contributed by atoms with Gasteiger partial charge >= 0.3 is 0 Å². The fraction of sp³-hybridized carbons (Fsp3) is 0.611. The minimum absolute atomic E-state index is 0.253. The van der Waals surface area contributed by atoms with Gasteiger partial charge in [0.15, 0.2) is 0 Å². The molecule has 116 valence electrons. The van der Waals surface area contributed by atoms with Gasteiger partial charge < -0.3 is 10.1 Å². The van der Waals surface area contributed by atoms with Crippen molar-refractivity contribution >= 4 is 5.91 Å². The number of ether oxygens (including phenoxy) is 1. The third-order valence-electron chi connectivity index (χ3n) is 4.08. The topological polar surface area (TPSA) is 38.3 Å². The molecule has 1 aromatic carbocycles. The molecule has 3 heteroatoms. The van der Waals surface area contributed by atoms with Crippen molar-refractivity contribution in [3.63, 3.8) is 0 Å². The van der Waals surface area contributed by atoms with Crippen molar-refractivity contribution < 1.29 is 9.53 Å². The Morgan fingerprint density at radius 3 is 2.81 bits per heavy atom. The zero-order valence-electron chi connectivity index (χ0n) is 13.1. The van der Waals surface area contributed by atoms with Crippen LogP contribution in [0.4, 0.5) is 0 Å². The molecule has 2 rings (SSSR count). The van der Waals surface area contributed by atoms with E-state index in [1.165, 1.54) is 18.4 Å². The second kappa shape index (κ2) is 8.71. The molecule has 1 aliphatic rings. The highest BCUT2D eigenvalue weighted by Gasteiger charge is 2.21. The van der Waals surface area contributed by atoms with Crippen LogP contribution < -0.4 is 10.1 Å². The van der Waals surface area contributed by atoms with Crippen molar-refractivity contribution in [2.24, 2.45) is 5.92 Å². The van der Waals surface area contributed by atoms with Gasteiger partial charge in [0.1, 0.15) is 5.75 Å². The van der Waals surface area contributed by atoms with Crippen LogP contribution in [0.15, 0.2) is 24.3 Å². The number of benzene rings is 1. The maximum absolute atomic E-state index is 11.9. The van der Waals surface area contributed by atoms with Gasteiger partial charge in [0.25, 0.3) is 0 Å². The predicted molar refractivity (Wildman–Crippen MR) is 85.5 cm³/mol. The Labute approximate surface area is 128 Å². The van der Waals surface area contributed by atoms with Crippen LogP contribution >= 0.6 is 0 Å². The lowest BCUT2D eigenvalue weighted by atomic mass is 10.1. The fourth-order valence-electron chi connectivity index (χ4n) is 2.89. The van der Waals surface area contributed by atoms with Gasteiger partial charge in [-0.15, -0.1) is 0 Å². The van der Waals surface area contributed by atoms with Gasteiger partial charge in [-0.2, -0.15) is 0 Å². The number of carbonyl (C=O) groups is 1. The van der Waals surface area contributed by atoms with E-state index >= 15 is 0 Å². The fourth-order valence-corrected chi connectivity index (χ4v) is 2.89. The van der Waals surface area contributed by atoms with Crippen LogP contribution in [-0.2, 0) is 11.2 Å². The largest absolute Gasteiger partial charge is 0.493 e. The molecular weight excluding hydrogens is 262 g/mol. The molecule has 0 unspecified atom stereocenters. The Balaban J connectivity index is 1.71. The third kappa shape index (κ3) is 5.07. The summed E-state index contributed by atoms with van der Waals surface area (Å²) >= 11 is 0. The molecule has 0 saturated heterocycles. The molecule has 0 heterocycles. The number of rotatable bonds is 8. The van der Waals surface area contributed by atoms with E-state index in [-0.39, 0.29) is 11.8 Å². The summed E-state index contributed by atoms with van der Waals surface area (Å²) in [5.74, 6) is 1.51. The molecule has 1 fully saturated rings. The molecule has 21 heavy (non-hydrogen) atoms. The Morgan fingerprint density at radius 1 is 1.29 bits per heavy atom. The number of para-hydroxylation sites is 1. The summed E-state index contributed by atoms with van der Waals surface area (Å²) in [4.78, 5) is 11.9. The quantitative estimate of drug-likeness (QED) is 0.741. The van der Waals surface area contributed by atoms with Crippen molar-refractivity contribution in [1.82, 2.24) is 5.32 Å². The van der Waals surface area contributed by atoms with Gasteiger partial charge in [-0.05, 0) is 43.7 Å². The lowest BCUT2D eigenvalue weighted by Gasteiger charge is -2.12. The van der Waals surface area contributed by atoms with E-state index in [4.69, 9.17) is 4.74 Å². The van der Waals surface area contributed by atoms with E-state index in [1.807, 2.05) is 18.2 Å². The lowest BCUT2D eigenvalue weighted by molar-refractivity contribution is -0.124. The van der Waals surface area contributed by atoms with Gasteiger partial charge in [-0.25, -0.2) is 0 Å². The summed E-state index contributed by atoms with van der Waals surface area (Å²) < 4.78 is 5.76. The summed E-state index contributed by atoms with van der Waals surface area (Å²) in [6, 6.07) is 8.20. The van der Waals surface area contributed by atoms with Crippen molar-refractivity contribution in [1.29, 1.82) is 0 Å². The first-order valence-electron chi connectivity index (χ1n) is 8.29. The van der Waals surface area contributed by atoms with Crippen LogP contribution in [0, 0.1) is 5.92 Å². The zero-order valence-corrected chi connectivity index (χ0v) is 13.1. The summed E-state index contributed by atoms with van der Waals surface area (Å²) in [6.45, 7) is 3.63. The first kappa shape index (κ1) is 15.9. The number of amides is 1. The minimum atomic E-state index is 0.253. The average molecular weight is 289 g/mol. The van der Waals surface area contributed by atoms with E-state index in [2.05, 4.69) is 18.3 Å². The van der Waals surface area contributed by atoms with Crippen LogP contribution in [0.3, 0.4) is 0 Å². The summed E-state index contributed by atoms with van der Waals surface area (Å²) in [5.41, 5.74) is 1.24. The minimum Gasteiger partial charge on any atom is -0.493 e. The molecule has 0 aliphatic heterocycles. The van der Waals surface area contributed by atoms with Crippen LogP contribution in [-0.4, -0.2) is 19.1 Å². The first-order valence-corrected chi connectivity index (χ1v) is 8.29. The number of carbonyl (C=O) groups excluding carboxylic acids is 1. The third-order valence-corrected chi connectivity index (χ3v) is 4.08. The molecule has 1 N–H and O–H groups in total. The lowest BCUT2D eigenvalue weighted by Crippen LogP contribution is -2.30.